The Hall–Kier alpha value is -2.24. The molecular formula is C16H20FN3O2. The summed E-state index contributed by atoms with van der Waals surface area (Å²) in [6.45, 7) is 4.33. The average Bonchev–Trinajstić information content (AvgIpc) is 2.93. The summed E-state index contributed by atoms with van der Waals surface area (Å²) in [5.74, 6) is 0.967. The van der Waals surface area contributed by atoms with Crippen LogP contribution in [0.25, 0.3) is 0 Å². The Kier molecular flexibility index (Phi) is 5.25. The lowest BCUT2D eigenvalue weighted by Gasteiger charge is -2.16. The minimum absolute atomic E-state index is 0.0476. The summed E-state index contributed by atoms with van der Waals surface area (Å²) in [6.07, 6.45) is 0.692. The molecule has 2 rings (SSSR count). The van der Waals surface area contributed by atoms with Crippen molar-refractivity contribution in [3.63, 3.8) is 0 Å². The molecule has 0 bridgehead atoms. The fourth-order valence-corrected chi connectivity index (χ4v) is 2.01. The minimum Gasteiger partial charge on any atom is -0.341 e. The summed E-state index contributed by atoms with van der Waals surface area (Å²) in [5, 5.41) is 3.86. The van der Waals surface area contributed by atoms with Gasteiger partial charge < -0.3 is 9.42 Å². The number of hydrogen-bond donors (Lipinski definition) is 0. The van der Waals surface area contributed by atoms with Crippen LogP contribution in [0.2, 0.25) is 0 Å². The second kappa shape index (κ2) is 7.15. The molecule has 0 radical (unpaired) electrons. The predicted octanol–water partition coefficient (Wildman–Crippen LogP) is 2.92. The molecule has 0 saturated heterocycles. The number of benzene rings is 1. The quantitative estimate of drug-likeness (QED) is 0.823. The third-order valence-electron chi connectivity index (χ3n) is 3.29. The predicted molar refractivity (Wildman–Crippen MR) is 79.6 cm³/mol. The van der Waals surface area contributed by atoms with E-state index in [1.165, 1.54) is 12.1 Å². The molecule has 0 aliphatic heterocycles. The summed E-state index contributed by atoms with van der Waals surface area (Å²) in [4.78, 5) is 17.9. The van der Waals surface area contributed by atoms with Gasteiger partial charge in [-0.3, -0.25) is 4.79 Å². The lowest BCUT2D eigenvalue weighted by atomic mass is 10.2. The van der Waals surface area contributed by atoms with Gasteiger partial charge in [0.05, 0.1) is 0 Å². The van der Waals surface area contributed by atoms with Gasteiger partial charge in [-0.1, -0.05) is 31.1 Å². The molecule has 0 aliphatic carbocycles. The highest BCUT2D eigenvalue weighted by Crippen LogP contribution is 2.12. The maximum atomic E-state index is 13.1. The maximum absolute atomic E-state index is 13.1. The molecule has 2 aromatic rings. The number of aryl methyl sites for hydroxylation is 1. The summed E-state index contributed by atoms with van der Waals surface area (Å²) in [7, 11) is 1.70. The zero-order valence-electron chi connectivity index (χ0n) is 13.0. The van der Waals surface area contributed by atoms with Gasteiger partial charge >= 0.3 is 0 Å². The van der Waals surface area contributed by atoms with Gasteiger partial charge in [0, 0.05) is 32.4 Å². The molecule has 5 nitrogen and oxygen atoms in total. The molecule has 0 atom stereocenters. The van der Waals surface area contributed by atoms with Crippen molar-refractivity contribution in [2.75, 3.05) is 7.05 Å². The standard InChI is InChI=1S/C16H20FN3O2/c1-11(2)16-18-14(22-19-16)7-8-15(21)20(3)10-12-5-4-6-13(17)9-12/h4-6,9,11H,7-8,10H2,1-3H3. The van der Waals surface area contributed by atoms with Gasteiger partial charge in [-0.25, -0.2) is 4.39 Å². The van der Waals surface area contributed by atoms with Crippen molar-refractivity contribution in [1.29, 1.82) is 0 Å². The highest BCUT2D eigenvalue weighted by Gasteiger charge is 2.14. The van der Waals surface area contributed by atoms with E-state index in [0.29, 0.717) is 24.7 Å². The van der Waals surface area contributed by atoms with Crippen LogP contribution in [0.4, 0.5) is 4.39 Å². The molecule has 0 spiro atoms. The topological polar surface area (TPSA) is 59.2 Å². The Morgan fingerprint density at radius 2 is 2.18 bits per heavy atom. The normalized spacial score (nSPS) is 11.0. The number of amides is 1. The Balaban J connectivity index is 1.85. The van der Waals surface area contributed by atoms with Crippen LogP contribution in [-0.4, -0.2) is 28.0 Å². The first-order chi connectivity index (χ1) is 10.5. The number of aromatic nitrogens is 2. The zero-order chi connectivity index (χ0) is 16.1. The van der Waals surface area contributed by atoms with Gasteiger partial charge in [0.2, 0.25) is 11.8 Å². The molecule has 6 heteroatoms. The first kappa shape index (κ1) is 16.1. The first-order valence-corrected chi connectivity index (χ1v) is 7.26. The third-order valence-corrected chi connectivity index (χ3v) is 3.29. The largest absolute Gasteiger partial charge is 0.341 e. The molecule has 118 valence electrons. The van der Waals surface area contributed by atoms with Crippen LogP contribution in [0.3, 0.4) is 0 Å². The van der Waals surface area contributed by atoms with E-state index >= 15 is 0 Å². The van der Waals surface area contributed by atoms with Gasteiger partial charge in [-0.05, 0) is 17.7 Å². The van der Waals surface area contributed by atoms with E-state index in [1.54, 1.807) is 24.1 Å². The number of nitrogens with zero attached hydrogens (tertiary/aromatic N) is 3. The average molecular weight is 305 g/mol. The highest BCUT2D eigenvalue weighted by atomic mass is 19.1. The molecule has 22 heavy (non-hydrogen) atoms. The van der Waals surface area contributed by atoms with Crippen LogP contribution in [0.15, 0.2) is 28.8 Å². The van der Waals surface area contributed by atoms with Gasteiger partial charge in [-0.2, -0.15) is 4.98 Å². The maximum Gasteiger partial charge on any atom is 0.227 e. The lowest BCUT2D eigenvalue weighted by molar-refractivity contribution is -0.130. The van der Waals surface area contributed by atoms with Crippen LogP contribution >= 0.6 is 0 Å². The summed E-state index contributed by atoms with van der Waals surface area (Å²) in [5.41, 5.74) is 0.760. The van der Waals surface area contributed by atoms with Crippen LogP contribution in [0.1, 0.15) is 43.5 Å². The van der Waals surface area contributed by atoms with Crippen molar-refractivity contribution < 1.29 is 13.7 Å². The SMILES string of the molecule is CC(C)c1noc(CCC(=O)N(C)Cc2cccc(F)c2)n1. The van der Waals surface area contributed by atoms with Crippen LogP contribution in [0, 0.1) is 5.82 Å². The zero-order valence-corrected chi connectivity index (χ0v) is 13.0. The molecule has 0 fully saturated rings. The third kappa shape index (κ3) is 4.38. The fourth-order valence-electron chi connectivity index (χ4n) is 2.01. The van der Waals surface area contributed by atoms with Gasteiger partial charge in [0.15, 0.2) is 5.82 Å². The van der Waals surface area contributed by atoms with Crippen molar-refractivity contribution in [2.24, 2.45) is 0 Å². The molecule has 0 unspecified atom stereocenters. The molecular weight excluding hydrogens is 285 g/mol. The minimum atomic E-state index is -0.301. The van der Waals surface area contributed by atoms with Crippen molar-refractivity contribution in [1.82, 2.24) is 15.0 Å². The molecule has 1 amide bonds. The van der Waals surface area contributed by atoms with E-state index in [4.69, 9.17) is 4.52 Å². The van der Waals surface area contributed by atoms with Gasteiger partial charge in [0.25, 0.3) is 0 Å². The van der Waals surface area contributed by atoms with E-state index in [1.807, 2.05) is 13.8 Å². The number of halogens is 1. The molecule has 1 heterocycles. The molecule has 1 aromatic heterocycles. The number of carbonyl (C=O) groups excluding carboxylic acids is 1. The monoisotopic (exact) mass is 305 g/mol. The van der Waals surface area contributed by atoms with Crippen molar-refractivity contribution in [3.8, 4) is 0 Å². The Morgan fingerprint density at radius 3 is 2.82 bits per heavy atom. The summed E-state index contributed by atoms with van der Waals surface area (Å²) in [6, 6.07) is 6.23. The Morgan fingerprint density at radius 1 is 1.41 bits per heavy atom. The van der Waals surface area contributed by atoms with Gasteiger partial charge in [-0.15, -0.1) is 0 Å². The van der Waals surface area contributed by atoms with Crippen molar-refractivity contribution >= 4 is 5.91 Å². The Bertz CT molecular complexity index is 640. The molecule has 0 saturated carbocycles. The number of rotatable bonds is 6. The van der Waals surface area contributed by atoms with Crippen LogP contribution in [-0.2, 0) is 17.8 Å². The van der Waals surface area contributed by atoms with Crippen LogP contribution in [0.5, 0.6) is 0 Å². The first-order valence-electron chi connectivity index (χ1n) is 7.26. The number of hydrogen-bond acceptors (Lipinski definition) is 4. The molecule has 0 N–H and O–H groups in total. The van der Waals surface area contributed by atoms with E-state index in [2.05, 4.69) is 10.1 Å². The summed E-state index contributed by atoms with van der Waals surface area (Å²) >= 11 is 0. The van der Waals surface area contributed by atoms with Crippen molar-refractivity contribution in [2.45, 2.75) is 39.2 Å². The van der Waals surface area contributed by atoms with Crippen molar-refractivity contribution in [3.05, 3.63) is 47.4 Å². The van der Waals surface area contributed by atoms with E-state index in [9.17, 15) is 9.18 Å². The van der Waals surface area contributed by atoms with E-state index in [-0.39, 0.29) is 24.1 Å². The van der Waals surface area contributed by atoms with Crippen LogP contribution < -0.4 is 0 Å². The second-order valence-electron chi connectivity index (χ2n) is 5.58. The fraction of sp³-hybridized carbons (Fsp3) is 0.438. The lowest BCUT2D eigenvalue weighted by Crippen LogP contribution is -2.26. The Labute approximate surface area is 129 Å². The molecule has 0 aliphatic rings. The van der Waals surface area contributed by atoms with E-state index < -0.39 is 0 Å². The smallest absolute Gasteiger partial charge is 0.227 e. The van der Waals surface area contributed by atoms with E-state index in [0.717, 1.165) is 5.56 Å². The second-order valence-corrected chi connectivity index (χ2v) is 5.58. The summed E-state index contributed by atoms with van der Waals surface area (Å²) < 4.78 is 18.2. The van der Waals surface area contributed by atoms with Gasteiger partial charge in [0.1, 0.15) is 5.82 Å². The number of carbonyl (C=O) groups is 1. The molecule has 1 aromatic carbocycles. The highest BCUT2D eigenvalue weighted by molar-refractivity contribution is 5.76.